The van der Waals surface area contributed by atoms with Gasteiger partial charge in [-0.05, 0) is 57.5 Å². The summed E-state index contributed by atoms with van der Waals surface area (Å²) in [5, 5.41) is 0. The van der Waals surface area contributed by atoms with Crippen molar-refractivity contribution in [3.63, 3.8) is 0 Å². The van der Waals surface area contributed by atoms with Crippen molar-refractivity contribution in [2.75, 3.05) is 7.11 Å². The zero-order valence-electron chi connectivity index (χ0n) is 17.0. The van der Waals surface area contributed by atoms with Crippen molar-refractivity contribution in [3.05, 3.63) is 59.2 Å². The Morgan fingerprint density at radius 2 is 1.59 bits per heavy atom. The molecule has 0 saturated carbocycles. The molecule has 0 heterocycles. The number of rotatable bonds is 5. The lowest BCUT2D eigenvalue weighted by Gasteiger charge is -2.21. The van der Waals surface area contributed by atoms with E-state index < -0.39 is 27.4 Å². The molecular formula is C20H25N3O5S. The van der Waals surface area contributed by atoms with Crippen LogP contribution >= 0.6 is 0 Å². The van der Waals surface area contributed by atoms with Crippen molar-refractivity contribution in [1.29, 1.82) is 0 Å². The molecule has 3 N–H and O–H groups in total. The third-order valence-corrected chi connectivity index (χ3v) is 5.61. The number of aryl methyl sites for hydroxylation is 1. The summed E-state index contributed by atoms with van der Waals surface area (Å²) in [6.07, 6.45) is 0. The zero-order chi connectivity index (χ0) is 21.8. The van der Waals surface area contributed by atoms with Crippen molar-refractivity contribution >= 4 is 21.8 Å². The van der Waals surface area contributed by atoms with Gasteiger partial charge < -0.3 is 4.74 Å². The van der Waals surface area contributed by atoms with E-state index in [2.05, 4.69) is 15.6 Å². The minimum absolute atomic E-state index is 0.0465. The molecule has 29 heavy (non-hydrogen) atoms. The predicted molar refractivity (Wildman–Crippen MR) is 109 cm³/mol. The van der Waals surface area contributed by atoms with E-state index in [-0.39, 0.29) is 16.2 Å². The molecule has 2 rings (SSSR count). The molecule has 0 bridgehead atoms. The number of carbonyl (C=O) groups is 2. The molecule has 0 atom stereocenters. The third kappa shape index (κ3) is 5.78. The molecule has 0 unspecified atom stereocenters. The van der Waals surface area contributed by atoms with E-state index in [1.807, 2.05) is 0 Å². The number of hydrazine groups is 1. The van der Waals surface area contributed by atoms with Crippen LogP contribution in [-0.2, 0) is 10.0 Å². The number of ether oxygens (including phenoxy) is 1. The summed E-state index contributed by atoms with van der Waals surface area (Å²) in [5.74, 6) is -1.05. The van der Waals surface area contributed by atoms with Crippen LogP contribution in [0.4, 0.5) is 0 Å². The van der Waals surface area contributed by atoms with Crippen molar-refractivity contribution in [3.8, 4) is 5.75 Å². The zero-order valence-corrected chi connectivity index (χ0v) is 17.8. The number of amides is 2. The molecule has 0 saturated heterocycles. The van der Waals surface area contributed by atoms with Crippen LogP contribution in [0.25, 0.3) is 0 Å². The Hall–Kier alpha value is -2.91. The molecule has 0 aliphatic heterocycles. The van der Waals surface area contributed by atoms with Gasteiger partial charge in [0.25, 0.3) is 11.8 Å². The van der Waals surface area contributed by atoms with Crippen molar-refractivity contribution in [2.24, 2.45) is 0 Å². The van der Waals surface area contributed by atoms with Crippen LogP contribution in [-0.4, -0.2) is 32.9 Å². The van der Waals surface area contributed by atoms with Crippen LogP contribution in [0.5, 0.6) is 5.75 Å². The molecule has 0 spiro atoms. The van der Waals surface area contributed by atoms with Gasteiger partial charge in [0.15, 0.2) is 0 Å². The second-order valence-electron chi connectivity index (χ2n) is 7.44. The standard InChI is InChI=1S/C20H25N3O5S/c1-13-8-6-7-9-15(13)19(25)22-21-18(24)14-10-11-16(28-5)17(12-14)29(26,27)23-20(2,3)4/h6-12,23H,1-5H3,(H,21,24)(H,22,25). The van der Waals surface area contributed by atoms with Gasteiger partial charge in [-0.2, -0.15) is 0 Å². The van der Waals surface area contributed by atoms with Gasteiger partial charge in [-0.1, -0.05) is 18.2 Å². The van der Waals surface area contributed by atoms with E-state index >= 15 is 0 Å². The van der Waals surface area contributed by atoms with E-state index in [1.165, 1.54) is 25.3 Å². The number of hydrogen-bond donors (Lipinski definition) is 3. The maximum absolute atomic E-state index is 12.7. The quantitative estimate of drug-likeness (QED) is 0.643. The second kappa shape index (κ2) is 8.62. The van der Waals surface area contributed by atoms with Gasteiger partial charge in [-0.3, -0.25) is 20.4 Å². The molecule has 0 aromatic heterocycles. The summed E-state index contributed by atoms with van der Waals surface area (Å²) >= 11 is 0. The maximum atomic E-state index is 12.7. The Labute approximate surface area is 170 Å². The maximum Gasteiger partial charge on any atom is 0.269 e. The van der Waals surface area contributed by atoms with Crippen LogP contribution in [0, 0.1) is 6.92 Å². The minimum Gasteiger partial charge on any atom is -0.495 e. The largest absolute Gasteiger partial charge is 0.495 e. The van der Waals surface area contributed by atoms with E-state index in [9.17, 15) is 18.0 Å². The fourth-order valence-corrected chi connectivity index (χ4v) is 4.18. The first kappa shape index (κ1) is 22.4. The van der Waals surface area contributed by atoms with E-state index in [4.69, 9.17) is 4.74 Å². The lowest BCUT2D eigenvalue weighted by atomic mass is 10.1. The van der Waals surface area contributed by atoms with Crippen molar-refractivity contribution in [1.82, 2.24) is 15.6 Å². The first-order valence-electron chi connectivity index (χ1n) is 8.83. The highest BCUT2D eigenvalue weighted by Gasteiger charge is 2.26. The molecule has 9 heteroatoms. The molecule has 0 aliphatic carbocycles. The summed E-state index contributed by atoms with van der Waals surface area (Å²) in [6, 6.07) is 10.9. The van der Waals surface area contributed by atoms with Crippen LogP contribution < -0.4 is 20.3 Å². The molecule has 2 aromatic rings. The van der Waals surface area contributed by atoms with E-state index in [1.54, 1.807) is 52.0 Å². The molecular weight excluding hydrogens is 394 g/mol. The van der Waals surface area contributed by atoms with Gasteiger partial charge in [0.05, 0.1) is 7.11 Å². The van der Waals surface area contributed by atoms with Gasteiger partial charge in [-0.15, -0.1) is 0 Å². The number of sulfonamides is 1. The summed E-state index contributed by atoms with van der Waals surface area (Å²) < 4.78 is 33.0. The Kier molecular flexibility index (Phi) is 6.66. The first-order chi connectivity index (χ1) is 13.4. The van der Waals surface area contributed by atoms with E-state index in [0.29, 0.717) is 5.56 Å². The third-order valence-electron chi connectivity index (χ3n) is 3.84. The Bertz CT molecular complexity index is 1030. The second-order valence-corrected chi connectivity index (χ2v) is 9.10. The number of nitrogens with one attached hydrogen (secondary N) is 3. The number of hydrogen-bond acceptors (Lipinski definition) is 5. The topological polar surface area (TPSA) is 114 Å². The normalized spacial score (nSPS) is 11.6. The number of benzene rings is 2. The highest BCUT2D eigenvalue weighted by atomic mass is 32.2. The smallest absolute Gasteiger partial charge is 0.269 e. The highest BCUT2D eigenvalue weighted by molar-refractivity contribution is 7.89. The summed E-state index contributed by atoms with van der Waals surface area (Å²) in [4.78, 5) is 24.5. The lowest BCUT2D eigenvalue weighted by Crippen LogP contribution is -2.42. The molecule has 2 aromatic carbocycles. The predicted octanol–water partition coefficient (Wildman–Crippen LogP) is 2.16. The summed E-state index contributed by atoms with van der Waals surface area (Å²) in [6.45, 7) is 6.89. The van der Waals surface area contributed by atoms with E-state index in [0.717, 1.165) is 5.56 Å². The SMILES string of the molecule is COc1ccc(C(=O)NNC(=O)c2ccccc2C)cc1S(=O)(=O)NC(C)(C)C. The van der Waals surface area contributed by atoms with Gasteiger partial charge in [0.1, 0.15) is 10.6 Å². The van der Waals surface area contributed by atoms with Crippen molar-refractivity contribution < 1.29 is 22.7 Å². The molecule has 156 valence electrons. The molecule has 2 amide bonds. The monoisotopic (exact) mass is 419 g/mol. The fraction of sp³-hybridized carbons (Fsp3) is 0.300. The summed E-state index contributed by atoms with van der Waals surface area (Å²) in [5.41, 5.74) is 5.12. The molecule has 8 nitrogen and oxygen atoms in total. The minimum atomic E-state index is -3.94. The number of carbonyl (C=O) groups excluding carboxylic acids is 2. The Balaban J connectivity index is 2.23. The molecule has 0 aliphatic rings. The average Bonchev–Trinajstić information content (AvgIpc) is 2.63. The van der Waals surface area contributed by atoms with Gasteiger partial charge in [0.2, 0.25) is 10.0 Å². The van der Waals surface area contributed by atoms with Crippen LogP contribution in [0.3, 0.4) is 0 Å². The van der Waals surface area contributed by atoms with Crippen LogP contribution in [0.1, 0.15) is 47.1 Å². The van der Waals surface area contributed by atoms with Gasteiger partial charge >= 0.3 is 0 Å². The fourth-order valence-electron chi connectivity index (χ4n) is 2.57. The highest BCUT2D eigenvalue weighted by Crippen LogP contribution is 2.26. The van der Waals surface area contributed by atoms with Crippen LogP contribution in [0.2, 0.25) is 0 Å². The molecule has 0 fully saturated rings. The lowest BCUT2D eigenvalue weighted by molar-refractivity contribution is 0.0846. The van der Waals surface area contributed by atoms with Gasteiger partial charge in [0, 0.05) is 16.7 Å². The van der Waals surface area contributed by atoms with Crippen molar-refractivity contribution in [2.45, 2.75) is 38.1 Å². The Morgan fingerprint density at radius 1 is 0.966 bits per heavy atom. The van der Waals surface area contributed by atoms with Crippen LogP contribution in [0.15, 0.2) is 47.4 Å². The average molecular weight is 420 g/mol. The molecule has 0 radical (unpaired) electrons. The van der Waals surface area contributed by atoms with Gasteiger partial charge in [-0.25, -0.2) is 13.1 Å². The first-order valence-corrected chi connectivity index (χ1v) is 10.3. The number of methoxy groups -OCH3 is 1. The Morgan fingerprint density at radius 3 is 2.17 bits per heavy atom. The summed E-state index contributed by atoms with van der Waals surface area (Å²) in [7, 11) is -2.60.